The van der Waals surface area contributed by atoms with E-state index in [-0.39, 0.29) is 11.0 Å². The summed E-state index contributed by atoms with van der Waals surface area (Å²) in [4.78, 5) is 18.2. The minimum Gasteiger partial charge on any atom is -0.310 e. The van der Waals surface area contributed by atoms with Crippen LogP contribution in [0.5, 0.6) is 0 Å². The van der Waals surface area contributed by atoms with Crippen LogP contribution in [-0.4, -0.2) is 46.8 Å². The first-order valence-electron chi connectivity index (χ1n) is 7.45. The van der Waals surface area contributed by atoms with Gasteiger partial charge in [0.1, 0.15) is 0 Å². The summed E-state index contributed by atoms with van der Waals surface area (Å²) < 4.78 is 21.1. The number of nitrogens with zero attached hydrogens (tertiary/aromatic N) is 4. The van der Waals surface area contributed by atoms with E-state index in [4.69, 9.17) is 4.55 Å². The summed E-state index contributed by atoms with van der Waals surface area (Å²) in [6, 6.07) is 3.73. The Morgan fingerprint density at radius 1 is 1.50 bits per heavy atom. The van der Waals surface area contributed by atoms with Gasteiger partial charge in [0.2, 0.25) is 5.91 Å². The summed E-state index contributed by atoms with van der Waals surface area (Å²) in [7, 11) is 0. The molecule has 0 radical (unpaired) electrons. The molecule has 0 saturated heterocycles. The van der Waals surface area contributed by atoms with Gasteiger partial charge >= 0.3 is 0 Å². The van der Waals surface area contributed by atoms with E-state index in [1.807, 2.05) is 32.2 Å². The monoisotopic (exact) mass is 368 g/mol. The molecule has 0 fully saturated rings. The van der Waals surface area contributed by atoms with E-state index < -0.39 is 11.1 Å². The zero-order valence-corrected chi connectivity index (χ0v) is 15.2. The van der Waals surface area contributed by atoms with E-state index in [0.29, 0.717) is 18.7 Å². The highest BCUT2D eigenvalue weighted by molar-refractivity contribution is 8.08. The average molecular weight is 368 g/mol. The number of pyridine rings is 1. The van der Waals surface area contributed by atoms with Crippen LogP contribution >= 0.6 is 11.8 Å². The molecule has 2 heterocycles. The molecule has 1 unspecified atom stereocenters. The van der Waals surface area contributed by atoms with Gasteiger partial charge in [0.25, 0.3) is 0 Å². The summed E-state index contributed by atoms with van der Waals surface area (Å²) >= 11 is -0.539. The normalized spacial score (nSPS) is 12.1. The number of amides is 1. The molecule has 1 amide bonds. The maximum absolute atomic E-state index is 12.4. The Morgan fingerprint density at radius 3 is 2.92 bits per heavy atom. The van der Waals surface area contributed by atoms with Crippen LogP contribution in [0.3, 0.4) is 0 Å². The second-order valence-electron chi connectivity index (χ2n) is 4.99. The first-order chi connectivity index (χ1) is 11.5. The molecule has 0 aliphatic heterocycles. The van der Waals surface area contributed by atoms with Crippen LogP contribution in [0.15, 0.2) is 30.7 Å². The Kier molecular flexibility index (Phi) is 6.95. The lowest BCUT2D eigenvalue weighted by molar-refractivity contribution is -0.118. The molecular formula is C15H20N4O3S2. The first kappa shape index (κ1) is 18.6. The van der Waals surface area contributed by atoms with Gasteiger partial charge in [0.05, 0.1) is 34.5 Å². The van der Waals surface area contributed by atoms with Crippen molar-refractivity contribution >= 4 is 34.4 Å². The largest absolute Gasteiger partial charge is 0.310 e. The Balaban J connectivity index is 2.08. The minimum atomic E-state index is -1.83. The fourth-order valence-electron chi connectivity index (χ4n) is 2.24. The average Bonchev–Trinajstić information content (AvgIpc) is 2.95. The lowest BCUT2D eigenvalue weighted by Gasteiger charge is -2.19. The van der Waals surface area contributed by atoms with E-state index >= 15 is 0 Å². The summed E-state index contributed by atoms with van der Waals surface area (Å²) in [6.07, 6.45) is 5.54. The zero-order valence-electron chi connectivity index (χ0n) is 13.6. The van der Waals surface area contributed by atoms with Gasteiger partial charge in [0.15, 0.2) is 11.1 Å². The smallest absolute Gasteiger partial charge is 0.227 e. The van der Waals surface area contributed by atoms with Crippen molar-refractivity contribution in [3.63, 3.8) is 0 Å². The molecule has 2 rings (SSSR count). The molecule has 0 spiro atoms. The Hall–Kier alpha value is -1.71. The molecule has 0 aliphatic carbocycles. The highest BCUT2D eigenvalue weighted by Gasteiger charge is 2.19. The van der Waals surface area contributed by atoms with Crippen LogP contribution in [0.1, 0.15) is 19.0 Å². The third kappa shape index (κ3) is 4.89. The fraction of sp³-hybridized carbons (Fsp3) is 0.400. The highest BCUT2D eigenvalue weighted by atomic mass is 32.2. The first-order valence-corrected chi connectivity index (χ1v) is 9.88. The summed E-state index contributed by atoms with van der Waals surface area (Å²) in [5.41, 5.74) is 2.36. The number of hydrogen-bond donors (Lipinski definition) is 1. The second-order valence-corrected chi connectivity index (χ2v) is 7.39. The van der Waals surface area contributed by atoms with E-state index in [1.54, 1.807) is 22.0 Å². The van der Waals surface area contributed by atoms with Crippen LogP contribution in [0.4, 0.5) is 5.69 Å². The molecule has 7 nitrogen and oxygen atoms in total. The van der Waals surface area contributed by atoms with Gasteiger partial charge in [-0.15, -0.1) is 11.8 Å². The van der Waals surface area contributed by atoms with Crippen molar-refractivity contribution in [2.24, 2.45) is 0 Å². The number of thioether (sulfide) groups is 1. The molecule has 0 aromatic carbocycles. The second kappa shape index (κ2) is 8.95. The maximum atomic E-state index is 12.4. The van der Waals surface area contributed by atoms with Gasteiger partial charge < -0.3 is 9.45 Å². The molecule has 1 N–H and O–H groups in total. The number of anilines is 1. The van der Waals surface area contributed by atoms with Crippen molar-refractivity contribution in [2.75, 3.05) is 22.3 Å². The lowest BCUT2D eigenvalue weighted by Crippen LogP contribution is -2.31. The lowest BCUT2D eigenvalue weighted by atomic mass is 10.3. The zero-order chi connectivity index (χ0) is 17.5. The Bertz CT molecular complexity index is 706. The summed E-state index contributed by atoms with van der Waals surface area (Å²) in [6.45, 7) is 4.31. The van der Waals surface area contributed by atoms with Gasteiger partial charge in [-0.1, -0.05) is 0 Å². The number of rotatable bonds is 8. The Labute approximate surface area is 147 Å². The number of carbonyl (C=O) groups excluding carboxylic acids is 1. The maximum Gasteiger partial charge on any atom is 0.227 e. The summed E-state index contributed by atoms with van der Waals surface area (Å²) in [5.74, 6) is 0.486. The van der Waals surface area contributed by atoms with Crippen LogP contribution in [-0.2, 0) is 15.9 Å². The highest BCUT2D eigenvalue weighted by Crippen LogP contribution is 2.22. The Morgan fingerprint density at radius 2 is 2.29 bits per heavy atom. The number of carbonyl (C=O) groups is 1. The predicted octanol–water partition coefficient (Wildman–Crippen LogP) is 2.23. The minimum absolute atomic E-state index is 0.0254. The third-order valence-corrected chi connectivity index (χ3v) is 5.30. The van der Waals surface area contributed by atoms with Crippen LogP contribution in [0.25, 0.3) is 5.69 Å². The summed E-state index contributed by atoms with van der Waals surface area (Å²) in [5, 5.41) is 4.58. The van der Waals surface area contributed by atoms with Crippen LogP contribution in [0, 0.1) is 6.92 Å². The number of hydrogen-bond acceptors (Lipinski definition) is 5. The molecule has 2 aromatic rings. The molecule has 2 aromatic heterocycles. The third-order valence-electron chi connectivity index (χ3n) is 3.34. The van der Waals surface area contributed by atoms with Crippen molar-refractivity contribution in [1.82, 2.24) is 14.8 Å². The van der Waals surface area contributed by atoms with Gasteiger partial charge in [-0.3, -0.25) is 9.78 Å². The van der Waals surface area contributed by atoms with Gasteiger partial charge in [-0.25, -0.2) is 8.89 Å². The predicted molar refractivity (Wildman–Crippen MR) is 96.8 cm³/mol. The number of aryl methyl sites for hydroxylation is 1. The van der Waals surface area contributed by atoms with E-state index in [2.05, 4.69) is 10.1 Å². The molecule has 1 atom stereocenters. The molecule has 9 heteroatoms. The van der Waals surface area contributed by atoms with Crippen LogP contribution in [0.2, 0.25) is 0 Å². The van der Waals surface area contributed by atoms with Crippen molar-refractivity contribution in [3.8, 4) is 5.69 Å². The van der Waals surface area contributed by atoms with Crippen molar-refractivity contribution in [3.05, 3.63) is 36.4 Å². The van der Waals surface area contributed by atoms with Gasteiger partial charge in [-0.05, 0) is 26.0 Å². The van der Waals surface area contributed by atoms with Gasteiger partial charge in [0, 0.05) is 24.9 Å². The molecular weight excluding hydrogens is 348 g/mol. The molecule has 0 aliphatic rings. The van der Waals surface area contributed by atoms with Gasteiger partial charge in [-0.2, -0.15) is 5.10 Å². The van der Waals surface area contributed by atoms with Crippen molar-refractivity contribution < 1.29 is 13.6 Å². The molecule has 130 valence electrons. The SMILES string of the molecule is CCN(C(=O)CCSCS(=O)O)c1cn(-c2cccnc2)nc1C. The van der Waals surface area contributed by atoms with Crippen molar-refractivity contribution in [2.45, 2.75) is 20.3 Å². The van der Waals surface area contributed by atoms with Crippen molar-refractivity contribution in [1.29, 1.82) is 0 Å². The van der Waals surface area contributed by atoms with E-state index in [1.165, 1.54) is 11.8 Å². The molecule has 24 heavy (non-hydrogen) atoms. The quantitative estimate of drug-likeness (QED) is 0.568. The van der Waals surface area contributed by atoms with E-state index in [9.17, 15) is 9.00 Å². The van der Waals surface area contributed by atoms with Crippen LogP contribution < -0.4 is 4.90 Å². The van der Waals surface area contributed by atoms with E-state index in [0.717, 1.165) is 17.1 Å². The number of aromatic nitrogens is 3. The fourth-order valence-corrected chi connectivity index (χ4v) is 3.60. The standard InChI is InChI=1S/C15H20N4O3S2/c1-3-18(15(20)6-8-23-11-24(21)22)14-10-19(17-12(14)2)13-5-4-7-16-9-13/h4-5,7,9-10H,3,6,8,11H2,1-2H3,(H,21,22). The molecule has 0 saturated carbocycles. The topological polar surface area (TPSA) is 88.3 Å². The molecule has 0 bridgehead atoms.